The highest BCUT2D eigenvalue weighted by Crippen LogP contribution is 2.42. The fourth-order valence-corrected chi connectivity index (χ4v) is 3.50. The average Bonchev–Trinajstić information content (AvgIpc) is 2.80. The van der Waals surface area contributed by atoms with Crippen molar-refractivity contribution in [3.8, 4) is 23.0 Å². The molecule has 1 atom stereocenters. The molecule has 0 spiro atoms. The molecule has 11 heteroatoms. The summed E-state index contributed by atoms with van der Waals surface area (Å²) in [6, 6.07) is 4.89. The highest BCUT2D eigenvalue weighted by Gasteiger charge is 2.26. The van der Waals surface area contributed by atoms with Crippen molar-refractivity contribution in [1.29, 1.82) is 0 Å². The van der Waals surface area contributed by atoms with E-state index in [4.69, 9.17) is 42.1 Å². The Morgan fingerprint density at radius 3 is 2.14 bits per heavy atom. The van der Waals surface area contributed by atoms with Gasteiger partial charge in [-0.15, -0.1) is 0 Å². The van der Waals surface area contributed by atoms with E-state index in [2.05, 4.69) is 15.5 Å². The van der Waals surface area contributed by atoms with Gasteiger partial charge in [0.1, 0.15) is 33.6 Å². The number of amides is 1. The molecule has 0 aliphatic carbocycles. The second-order valence-electron chi connectivity index (χ2n) is 6.95. The predicted molar refractivity (Wildman–Crippen MR) is 135 cm³/mol. The first-order valence-electron chi connectivity index (χ1n) is 11.2. The van der Waals surface area contributed by atoms with Crippen molar-refractivity contribution in [2.24, 2.45) is 10.2 Å². The Hall–Kier alpha value is -3.04. The van der Waals surface area contributed by atoms with Crippen molar-refractivity contribution in [3.63, 3.8) is 0 Å². The largest absolute Gasteiger partial charge is 0.494 e. The summed E-state index contributed by atoms with van der Waals surface area (Å²) in [7, 11) is 0. The molecule has 35 heavy (non-hydrogen) atoms. The zero-order valence-corrected chi connectivity index (χ0v) is 21.8. The summed E-state index contributed by atoms with van der Waals surface area (Å²) in [5, 5.41) is 11.1. The maximum absolute atomic E-state index is 13.0. The Bertz CT molecular complexity index is 1080. The Balaban J connectivity index is 2.37. The van der Waals surface area contributed by atoms with Crippen LogP contribution in [0.3, 0.4) is 0 Å². The van der Waals surface area contributed by atoms with Gasteiger partial charge in [-0.25, -0.2) is 0 Å². The van der Waals surface area contributed by atoms with E-state index < -0.39 is 17.7 Å². The predicted octanol–water partition coefficient (Wildman–Crippen LogP) is 6.27. The number of hydrogen-bond acceptors (Lipinski definition) is 8. The third-order valence-corrected chi connectivity index (χ3v) is 5.09. The SMILES string of the molecule is CCOc1cc(Cl)c(NC(=O)C(N=Nc2ccc(OCC)c(Cl)c2OCC)C(C)=O)c(OCC)c1. The third-order valence-electron chi connectivity index (χ3n) is 4.43. The van der Waals surface area contributed by atoms with Crippen molar-refractivity contribution >= 4 is 46.3 Å². The van der Waals surface area contributed by atoms with E-state index >= 15 is 0 Å². The molecular formula is C24H29Cl2N3O6. The van der Waals surface area contributed by atoms with Gasteiger partial charge in [0.15, 0.2) is 11.5 Å². The van der Waals surface area contributed by atoms with Gasteiger partial charge in [0.05, 0.1) is 31.5 Å². The van der Waals surface area contributed by atoms with Crippen LogP contribution in [0.2, 0.25) is 10.0 Å². The van der Waals surface area contributed by atoms with Crippen molar-refractivity contribution in [1.82, 2.24) is 0 Å². The zero-order valence-electron chi connectivity index (χ0n) is 20.3. The van der Waals surface area contributed by atoms with Crippen molar-refractivity contribution in [2.75, 3.05) is 31.7 Å². The van der Waals surface area contributed by atoms with Crippen LogP contribution in [0.5, 0.6) is 23.0 Å². The van der Waals surface area contributed by atoms with Crippen LogP contribution in [0, 0.1) is 0 Å². The molecule has 190 valence electrons. The minimum Gasteiger partial charge on any atom is -0.494 e. The Morgan fingerprint density at radius 2 is 1.54 bits per heavy atom. The molecule has 0 fully saturated rings. The van der Waals surface area contributed by atoms with Crippen LogP contribution in [0.15, 0.2) is 34.5 Å². The number of nitrogens with one attached hydrogen (secondary N) is 1. The Morgan fingerprint density at radius 1 is 0.914 bits per heavy atom. The van der Waals surface area contributed by atoms with E-state index in [9.17, 15) is 9.59 Å². The van der Waals surface area contributed by atoms with Crippen LogP contribution >= 0.6 is 23.2 Å². The van der Waals surface area contributed by atoms with E-state index in [-0.39, 0.29) is 27.2 Å². The van der Waals surface area contributed by atoms with E-state index in [0.717, 1.165) is 0 Å². The summed E-state index contributed by atoms with van der Waals surface area (Å²) in [5.41, 5.74) is 0.441. The molecule has 0 saturated heterocycles. The number of carbonyl (C=O) groups is 2. The fraction of sp³-hybridized carbons (Fsp3) is 0.417. The van der Waals surface area contributed by atoms with Gasteiger partial charge in [0.25, 0.3) is 5.91 Å². The van der Waals surface area contributed by atoms with E-state index in [1.54, 1.807) is 38.1 Å². The molecular weight excluding hydrogens is 497 g/mol. The quantitative estimate of drug-likeness (QED) is 0.244. The summed E-state index contributed by atoms with van der Waals surface area (Å²) >= 11 is 12.7. The number of halogens is 2. The normalized spacial score (nSPS) is 11.7. The van der Waals surface area contributed by atoms with Gasteiger partial charge < -0.3 is 24.3 Å². The molecule has 0 radical (unpaired) electrons. The van der Waals surface area contributed by atoms with Gasteiger partial charge in [-0.05, 0) is 46.8 Å². The van der Waals surface area contributed by atoms with Gasteiger partial charge in [0, 0.05) is 12.1 Å². The number of ketones is 1. The highest BCUT2D eigenvalue weighted by atomic mass is 35.5. The minimum atomic E-state index is -1.45. The standard InChI is InChI=1S/C24H29Cl2N3O6/c1-6-32-15-12-16(25)22(19(13-15)34-8-3)27-24(31)21(14(5)30)29-28-17-10-11-18(33-7-2)20(26)23(17)35-9-4/h10-13,21H,6-9H2,1-5H3,(H,27,31). The smallest absolute Gasteiger partial charge is 0.258 e. The number of benzene rings is 2. The van der Waals surface area contributed by atoms with Crippen LogP contribution in [0.4, 0.5) is 11.4 Å². The molecule has 1 amide bonds. The summed E-state index contributed by atoms with van der Waals surface area (Å²) < 4.78 is 22.1. The highest BCUT2D eigenvalue weighted by molar-refractivity contribution is 6.34. The van der Waals surface area contributed by atoms with Gasteiger partial charge in [-0.1, -0.05) is 23.2 Å². The average molecular weight is 526 g/mol. The Labute approximate surface area is 214 Å². The summed E-state index contributed by atoms with van der Waals surface area (Å²) in [6.45, 7) is 9.95. The molecule has 0 aromatic heterocycles. The van der Waals surface area contributed by atoms with Gasteiger partial charge in [0.2, 0.25) is 6.04 Å². The lowest BCUT2D eigenvalue weighted by atomic mass is 10.2. The van der Waals surface area contributed by atoms with Crippen molar-refractivity contribution in [3.05, 3.63) is 34.3 Å². The second kappa shape index (κ2) is 13.7. The molecule has 2 aromatic carbocycles. The number of nitrogens with zero attached hydrogens (tertiary/aromatic N) is 2. The number of ether oxygens (including phenoxy) is 4. The summed E-state index contributed by atoms with van der Waals surface area (Å²) in [5.74, 6) is 0.181. The molecule has 0 aliphatic rings. The number of anilines is 1. The topological polar surface area (TPSA) is 108 Å². The number of hydrogen-bond donors (Lipinski definition) is 1. The molecule has 2 aromatic rings. The molecule has 0 saturated carbocycles. The van der Waals surface area contributed by atoms with Crippen LogP contribution < -0.4 is 24.3 Å². The lowest BCUT2D eigenvalue weighted by Crippen LogP contribution is -2.32. The van der Waals surface area contributed by atoms with Crippen LogP contribution in [-0.4, -0.2) is 44.2 Å². The molecule has 0 heterocycles. The number of carbonyl (C=O) groups excluding carboxylic acids is 2. The first-order valence-corrected chi connectivity index (χ1v) is 11.9. The third kappa shape index (κ3) is 7.47. The van der Waals surface area contributed by atoms with Crippen molar-refractivity contribution < 1.29 is 28.5 Å². The van der Waals surface area contributed by atoms with Gasteiger partial charge in [-0.2, -0.15) is 10.2 Å². The van der Waals surface area contributed by atoms with E-state index in [0.29, 0.717) is 43.7 Å². The molecule has 2 rings (SSSR count). The molecule has 0 aliphatic heterocycles. The first-order chi connectivity index (χ1) is 16.8. The molecule has 1 N–H and O–H groups in total. The maximum Gasteiger partial charge on any atom is 0.258 e. The number of rotatable bonds is 13. The lowest BCUT2D eigenvalue weighted by Gasteiger charge is -2.17. The zero-order chi connectivity index (χ0) is 26.0. The number of azo groups is 1. The molecule has 9 nitrogen and oxygen atoms in total. The molecule has 1 unspecified atom stereocenters. The minimum absolute atomic E-state index is 0.184. The van der Waals surface area contributed by atoms with Crippen LogP contribution in [-0.2, 0) is 9.59 Å². The second-order valence-corrected chi connectivity index (χ2v) is 7.74. The maximum atomic E-state index is 13.0. The number of Topliss-reactive ketones (excluding diaryl/α,β-unsaturated/α-hetero) is 1. The van der Waals surface area contributed by atoms with Crippen LogP contribution in [0.25, 0.3) is 0 Å². The fourth-order valence-electron chi connectivity index (χ4n) is 2.98. The Kier molecular flexibility index (Phi) is 11.1. The first kappa shape index (κ1) is 28.2. The van der Waals surface area contributed by atoms with Crippen LogP contribution in [0.1, 0.15) is 34.6 Å². The van der Waals surface area contributed by atoms with Crippen molar-refractivity contribution in [2.45, 2.75) is 40.7 Å². The van der Waals surface area contributed by atoms with E-state index in [1.165, 1.54) is 6.92 Å². The monoisotopic (exact) mass is 525 g/mol. The summed E-state index contributed by atoms with van der Waals surface area (Å²) in [4.78, 5) is 25.3. The van der Waals surface area contributed by atoms with E-state index in [1.807, 2.05) is 13.8 Å². The van der Waals surface area contributed by atoms with Gasteiger partial charge >= 0.3 is 0 Å². The lowest BCUT2D eigenvalue weighted by molar-refractivity contribution is -0.126. The summed E-state index contributed by atoms with van der Waals surface area (Å²) in [6.07, 6.45) is 0. The molecule has 0 bridgehead atoms. The van der Waals surface area contributed by atoms with Gasteiger partial charge in [-0.3, -0.25) is 9.59 Å².